The van der Waals surface area contributed by atoms with Gasteiger partial charge in [0.05, 0.1) is 19.6 Å². The van der Waals surface area contributed by atoms with Crippen LogP contribution < -0.4 is 0 Å². The summed E-state index contributed by atoms with van der Waals surface area (Å²) in [6.45, 7) is 2.71. The zero-order chi connectivity index (χ0) is 17.2. The zero-order valence-electron chi connectivity index (χ0n) is 12.0. The molecule has 1 aliphatic rings. The van der Waals surface area contributed by atoms with Crippen molar-refractivity contribution in [3.8, 4) is 0 Å². The number of carbonyl (C=O) groups excluding carboxylic acids is 1. The lowest BCUT2D eigenvalue weighted by Crippen LogP contribution is -2.31. The maximum absolute atomic E-state index is 12.4. The molecule has 7 nitrogen and oxygen atoms in total. The number of hydrogen-bond donors (Lipinski definition) is 0. The van der Waals surface area contributed by atoms with Crippen LogP contribution >= 0.6 is 0 Å². The highest BCUT2D eigenvalue weighted by molar-refractivity contribution is 7.87. The van der Waals surface area contributed by atoms with Gasteiger partial charge in [-0.3, -0.25) is 0 Å². The van der Waals surface area contributed by atoms with Gasteiger partial charge in [-0.15, -0.1) is 0 Å². The van der Waals surface area contributed by atoms with Crippen molar-refractivity contribution >= 4 is 16.1 Å². The minimum absolute atomic E-state index is 0.0774. The number of carbonyl (C=O) groups is 1. The van der Waals surface area contributed by atoms with Crippen LogP contribution in [0.25, 0.3) is 0 Å². The lowest BCUT2D eigenvalue weighted by Gasteiger charge is -2.23. The summed E-state index contributed by atoms with van der Waals surface area (Å²) in [5.41, 5.74) is -6.87. The van der Waals surface area contributed by atoms with Gasteiger partial charge in [0.1, 0.15) is 5.60 Å². The largest absolute Gasteiger partial charge is 0.534 e. The Morgan fingerprint density at radius 3 is 2.45 bits per heavy atom. The van der Waals surface area contributed by atoms with E-state index in [2.05, 4.69) is 8.92 Å². The Labute approximate surface area is 125 Å². The molecule has 1 unspecified atom stereocenters. The van der Waals surface area contributed by atoms with Crippen LogP contribution in [0.1, 0.15) is 20.3 Å². The van der Waals surface area contributed by atoms with E-state index in [0.717, 1.165) is 0 Å². The van der Waals surface area contributed by atoms with Crippen LogP contribution in [0, 0.1) is 0 Å². The number of alkyl halides is 3. The van der Waals surface area contributed by atoms with Gasteiger partial charge in [0.15, 0.2) is 5.76 Å². The first kappa shape index (κ1) is 18.6. The molecular weight excluding hydrogens is 333 g/mol. The highest BCUT2D eigenvalue weighted by atomic mass is 32.2. The second kappa shape index (κ2) is 6.32. The normalized spacial score (nSPS) is 22.5. The molecule has 1 rings (SSSR count). The van der Waals surface area contributed by atoms with Crippen molar-refractivity contribution in [3.05, 3.63) is 11.5 Å². The fourth-order valence-corrected chi connectivity index (χ4v) is 2.24. The lowest BCUT2D eigenvalue weighted by molar-refractivity contribution is -0.145. The summed E-state index contributed by atoms with van der Waals surface area (Å²) in [6.07, 6.45) is -0.399. The highest BCUT2D eigenvalue weighted by Gasteiger charge is 2.52. The molecule has 1 heterocycles. The van der Waals surface area contributed by atoms with Crippen molar-refractivity contribution in [2.45, 2.75) is 31.4 Å². The summed E-state index contributed by atoms with van der Waals surface area (Å²) in [5, 5.41) is 0. The molecule has 0 bridgehead atoms. The van der Waals surface area contributed by atoms with E-state index in [1.807, 2.05) is 0 Å². The van der Waals surface area contributed by atoms with E-state index in [9.17, 15) is 26.4 Å². The third kappa shape index (κ3) is 4.03. The van der Waals surface area contributed by atoms with E-state index in [-0.39, 0.29) is 13.2 Å². The van der Waals surface area contributed by atoms with Gasteiger partial charge in [0.25, 0.3) is 0 Å². The first-order valence-corrected chi connectivity index (χ1v) is 7.45. The van der Waals surface area contributed by atoms with Gasteiger partial charge < -0.3 is 18.4 Å². The smallest absolute Gasteiger partial charge is 0.475 e. The Hall–Kier alpha value is -1.49. The zero-order valence-corrected chi connectivity index (χ0v) is 12.8. The molecule has 0 aromatic heterocycles. The third-order valence-electron chi connectivity index (χ3n) is 2.54. The predicted octanol–water partition coefficient (Wildman–Crippen LogP) is 1.45. The maximum Gasteiger partial charge on any atom is 0.534 e. The summed E-state index contributed by atoms with van der Waals surface area (Å²) < 4.78 is 78.0. The molecule has 11 heteroatoms. The number of methoxy groups -OCH3 is 1. The minimum atomic E-state index is -5.91. The molecule has 1 aliphatic heterocycles. The summed E-state index contributed by atoms with van der Waals surface area (Å²) in [7, 11) is -4.60. The van der Waals surface area contributed by atoms with E-state index in [4.69, 9.17) is 9.47 Å². The SMILES string of the molecule is CCOC(=O)C1=C(OS(=O)(=O)C(F)(F)F)CC(C)(COC)O1. The predicted molar refractivity (Wildman–Crippen MR) is 65.7 cm³/mol. The molecule has 0 aliphatic carbocycles. The van der Waals surface area contributed by atoms with Gasteiger partial charge in [-0.2, -0.15) is 21.6 Å². The van der Waals surface area contributed by atoms with Crippen molar-refractivity contribution in [3.63, 3.8) is 0 Å². The Balaban J connectivity index is 3.13. The summed E-state index contributed by atoms with van der Waals surface area (Å²) >= 11 is 0. The molecule has 0 aromatic rings. The number of esters is 1. The van der Waals surface area contributed by atoms with E-state index in [1.54, 1.807) is 0 Å². The fraction of sp³-hybridized carbons (Fsp3) is 0.727. The van der Waals surface area contributed by atoms with Crippen LogP contribution in [0.5, 0.6) is 0 Å². The van der Waals surface area contributed by atoms with Crippen molar-refractivity contribution in [2.75, 3.05) is 20.3 Å². The first-order chi connectivity index (χ1) is 9.96. The van der Waals surface area contributed by atoms with Crippen LogP contribution in [-0.2, 0) is 33.3 Å². The van der Waals surface area contributed by atoms with E-state index in [1.165, 1.54) is 21.0 Å². The topological polar surface area (TPSA) is 88.1 Å². The number of halogens is 3. The van der Waals surface area contributed by atoms with E-state index >= 15 is 0 Å². The van der Waals surface area contributed by atoms with Gasteiger partial charge >= 0.3 is 21.6 Å². The summed E-state index contributed by atoms with van der Waals surface area (Å²) in [6, 6.07) is 0. The molecule has 22 heavy (non-hydrogen) atoms. The Morgan fingerprint density at radius 1 is 1.41 bits per heavy atom. The first-order valence-electron chi connectivity index (χ1n) is 6.05. The molecule has 0 saturated carbocycles. The van der Waals surface area contributed by atoms with Crippen molar-refractivity contribution in [1.82, 2.24) is 0 Å². The van der Waals surface area contributed by atoms with E-state index in [0.29, 0.717) is 0 Å². The quantitative estimate of drug-likeness (QED) is 0.408. The second-order valence-electron chi connectivity index (χ2n) is 4.62. The van der Waals surface area contributed by atoms with Crippen LogP contribution in [0.2, 0.25) is 0 Å². The van der Waals surface area contributed by atoms with Gasteiger partial charge in [0.2, 0.25) is 5.76 Å². The molecule has 128 valence electrons. The Kier molecular flexibility index (Phi) is 5.34. The van der Waals surface area contributed by atoms with Gasteiger partial charge in [0, 0.05) is 7.11 Å². The van der Waals surface area contributed by atoms with Crippen LogP contribution in [0.15, 0.2) is 11.5 Å². The van der Waals surface area contributed by atoms with Crippen LogP contribution in [0.3, 0.4) is 0 Å². The molecule has 1 atom stereocenters. The maximum atomic E-state index is 12.4. The standard InChI is InChI=1S/C11H15F3O7S/c1-4-19-9(15)8-7(5-10(2,20-8)6-18-3)21-22(16,17)11(12,13)14/h4-6H2,1-3H3. The highest BCUT2D eigenvalue weighted by Crippen LogP contribution is 2.38. The Morgan fingerprint density at radius 2 is 2.00 bits per heavy atom. The molecule has 0 amide bonds. The van der Waals surface area contributed by atoms with Crippen molar-refractivity contribution < 1.29 is 44.8 Å². The van der Waals surface area contributed by atoms with Crippen molar-refractivity contribution in [1.29, 1.82) is 0 Å². The van der Waals surface area contributed by atoms with Gasteiger partial charge in [-0.05, 0) is 13.8 Å². The fourth-order valence-electron chi connectivity index (χ4n) is 1.74. The molecule has 0 fully saturated rings. The Bertz CT molecular complexity index is 567. The molecule has 0 saturated heterocycles. The molecular formula is C11H15F3O7S. The van der Waals surface area contributed by atoms with Crippen molar-refractivity contribution in [2.24, 2.45) is 0 Å². The third-order valence-corrected chi connectivity index (χ3v) is 3.53. The molecule has 0 spiro atoms. The minimum Gasteiger partial charge on any atom is -0.475 e. The van der Waals surface area contributed by atoms with Crippen LogP contribution in [0.4, 0.5) is 13.2 Å². The number of rotatable bonds is 6. The number of hydrogen-bond acceptors (Lipinski definition) is 7. The molecule has 0 aromatic carbocycles. The second-order valence-corrected chi connectivity index (χ2v) is 6.16. The lowest BCUT2D eigenvalue weighted by atomic mass is 10.0. The summed E-state index contributed by atoms with van der Waals surface area (Å²) in [4.78, 5) is 11.7. The summed E-state index contributed by atoms with van der Waals surface area (Å²) in [5.74, 6) is -2.60. The number of ether oxygens (including phenoxy) is 3. The van der Waals surface area contributed by atoms with E-state index < -0.39 is 45.1 Å². The average Bonchev–Trinajstić information content (AvgIpc) is 2.65. The molecule has 0 N–H and O–H groups in total. The van der Waals surface area contributed by atoms with Crippen LogP contribution in [-0.4, -0.2) is 45.8 Å². The van der Waals surface area contributed by atoms with Gasteiger partial charge in [-0.25, -0.2) is 4.79 Å². The van der Waals surface area contributed by atoms with Gasteiger partial charge in [-0.1, -0.05) is 0 Å². The molecule has 0 radical (unpaired) electrons. The monoisotopic (exact) mass is 348 g/mol. The average molecular weight is 348 g/mol.